The molecule has 0 aromatic heterocycles. The molecule has 114 valence electrons. The lowest BCUT2D eigenvalue weighted by Gasteiger charge is -2.07. The number of rotatable bonds is 5. The smallest absolute Gasteiger partial charge is 0.310 e. The fourth-order valence-electron chi connectivity index (χ4n) is 1.73. The fraction of sp³-hybridized carbons (Fsp3) is 0.125. The lowest BCUT2D eigenvalue weighted by atomic mass is 10.2. The van der Waals surface area contributed by atoms with Gasteiger partial charge in [0.2, 0.25) is 0 Å². The summed E-state index contributed by atoms with van der Waals surface area (Å²) >= 11 is 3.30. The van der Waals surface area contributed by atoms with Crippen molar-refractivity contribution in [3.05, 3.63) is 64.4 Å². The van der Waals surface area contributed by atoms with Crippen molar-refractivity contribution in [1.82, 2.24) is 0 Å². The zero-order chi connectivity index (χ0) is 15.9. The predicted octanol–water partition coefficient (Wildman–Crippen LogP) is 3.31. The average Bonchev–Trinajstić information content (AvgIpc) is 2.48. The van der Waals surface area contributed by atoms with E-state index in [0.29, 0.717) is 5.69 Å². The van der Waals surface area contributed by atoms with E-state index in [0.717, 1.165) is 10.0 Å². The number of carbonyl (C=O) groups excluding carboxylic acids is 2. The molecule has 0 saturated heterocycles. The lowest BCUT2D eigenvalue weighted by Crippen LogP contribution is -2.21. The van der Waals surface area contributed by atoms with Gasteiger partial charge in [-0.15, -0.1) is 0 Å². The van der Waals surface area contributed by atoms with E-state index in [9.17, 15) is 14.0 Å². The quantitative estimate of drug-likeness (QED) is 0.827. The number of halogens is 2. The Morgan fingerprint density at radius 3 is 2.55 bits per heavy atom. The van der Waals surface area contributed by atoms with Crippen LogP contribution in [0.25, 0.3) is 0 Å². The van der Waals surface area contributed by atoms with Gasteiger partial charge >= 0.3 is 5.97 Å². The van der Waals surface area contributed by atoms with E-state index >= 15 is 0 Å². The number of esters is 1. The van der Waals surface area contributed by atoms with Crippen LogP contribution in [-0.4, -0.2) is 18.5 Å². The molecule has 0 aliphatic carbocycles. The summed E-state index contributed by atoms with van der Waals surface area (Å²) in [6, 6.07) is 12.7. The van der Waals surface area contributed by atoms with Gasteiger partial charge < -0.3 is 10.1 Å². The fourth-order valence-corrected chi connectivity index (χ4v) is 1.99. The van der Waals surface area contributed by atoms with Crippen LogP contribution >= 0.6 is 15.9 Å². The number of hydrogen-bond donors (Lipinski definition) is 1. The second kappa shape index (κ2) is 7.70. The normalized spacial score (nSPS) is 10.1. The minimum atomic E-state index is -0.519. The Kier molecular flexibility index (Phi) is 5.66. The van der Waals surface area contributed by atoms with Crippen LogP contribution in [0.15, 0.2) is 53.0 Å². The van der Waals surface area contributed by atoms with Crippen LogP contribution in [0.3, 0.4) is 0 Å². The van der Waals surface area contributed by atoms with Crippen molar-refractivity contribution in [3.63, 3.8) is 0 Å². The molecular formula is C16H13BrFNO3. The summed E-state index contributed by atoms with van der Waals surface area (Å²) in [5.74, 6) is -1.48. The molecule has 0 heterocycles. The van der Waals surface area contributed by atoms with Gasteiger partial charge in [0.1, 0.15) is 5.82 Å². The summed E-state index contributed by atoms with van der Waals surface area (Å²) in [4.78, 5) is 23.2. The molecule has 4 nitrogen and oxygen atoms in total. The summed E-state index contributed by atoms with van der Waals surface area (Å²) in [6.07, 6.45) is 0.0839. The third kappa shape index (κ3) is 5.29. The van der Waals surface area contributed by atoms with E-state index < -0.39 is 24.3 Å². The zero-order valence-electron chi connectivity index (χ0n) is 11.5. The van der Waals surface area contributed by atoms with E-state index in [4.69, 9.17) is 4.74 Å². The molecular weight excluding hydrogens is 353 g/mol. The number of anilines is 1. The highest BCUT2D eigenvalue weighted by Crippen LogP contribution is 2.11. The average molecular weight is 366 g/mol. The van der Waals surface area contributed by atoms with E-state index in [1.54, 1.807) is 18.2 Å². The van der Waals surface area contributed by atoms with Crippen LogP contribution in [0.1, 0.15) is 5.56 Å². The Bertz CT molecular complexity index is 673. The monoisotopic (exact) mass is 365 g/mol. The van der Waals surface area contributed by atoms with Gasteiger partial charge in [-0.2, -0.15) is 0 Å². The molecule has 0 fully saturated rings. The summed E-state index contributed by atoms with van der Waals surface area (Å²) in [5.41, 5.74) is 1.10. The second-order valence-electron chi connectivity index (χ2n) is 4.52. The topological polar surface area (TPSA) is 55.4 Å². The minimum Gasteiger partial charge on any atom is -0.455 e. The van der Waals surface area contributed by atoms with Crippen LogP contribution in [0.2, 0.25) is 0 Å². The Hall–Kier alpha value is -2.21. The lowest BCUT2D eigenvalue weighted by molar-refractivity contribution is -0.146. The molecule has 2 aromatic carbocycles. The molecule has 1 N–H and O–H groups in total. The van der Waals surface area contributed by atoms with Gasteiger partial charge in [0.25, 0.3) is 5.91 Å². The van der Waals surface area contributed by atoms with Crippen molar-refractivity contribution < 1.29 is 18.7 Å². The molecule has 2 rings (SSSR count). The van der Waals surface area contributed by atoms with Crippen molar-refractivity contribution in [2.24, 2.45) is 0 Å². The van der Waals surface area contributed by atoms with Gasteiger partial charge in [0, 0.05) is 10.2 Å². The van der Waals surface area contributed by atoms with Gasteiger partial charge in [-0.05, 0) is 35.9 Å². The molecule has 22 heavy (non-hydrogen) atoms. The van der Waals surface area contributed by atoms with Crippen molar-refractivity contribution >= 4 is 33.5 Å². The van der Waals surface area contributed by atoms with E-state index in [1.165, 1.54) is 18.2 Å². The van der Waals surface area contributed by atoms with Crippen molar-refractivity contribution in [1.29, 1.82) is 0 Å². The molecule has 0 unspecified atom stereocenters. The highest BCUT2D eigenvalue weighted by molar-refractivity contribution is 9.10. The molecule has 0 saturated carbocycles. The number of benzene rings is 2. The molecule has 0 radical (unpaired) electrons. The molecule has 0 aliphatic rings. The van der Waals surface area contributed by atoms with Crippen LogP contribution in [0.5, 0.6) is 0 Å². The maximum Gasteiger partial charge on any atom is 0.310 e. The van der Waals surface area contributed by atoms with Crippen LogP contribution in [0.4, 0.5) is 10.1 Å². The molecule has 1 amide bonds. The summed E-state index contributed by atoms with van der Waals surface area (Å²) in [5, 5.41) is 2.45. The van der Waals surface area contributed by atoms with Crippen molar-refractivity contribution in [2.75, 3.05) is 11.9 Å². The molecule has 2 aromatic rings. The molecule has 0 aliphatic heterocycles. The Morgan fingerprint density at radius 1 is 1.14 bits per heavy atom. The van der Waals surface area contributed by atoms with E-state index in [2.05, 4.69) is 21.2 Å². The largest absolute Gasteiger partial charge is 0.455 e. The standard InChI is InChI=1S/C16H13BrFNO3/c17-12-6-4-11(5-7-12)8-16(21)22-10-15(20)19-14-3-1-2-13(18)9-14/h1-7,9H,8,10H2,(H,19,20). The first-order valence-corrected chi connectivity index (χ1v) is 7.28. The maximum absolute atomic E-state index is 13.0. The Balaban J connectivity index is 1.78. The Labute approximate surface area is 135 Å². The minimum absolute atomic E-state index is 0.0839. The first-order chi connectivity index (χ1) is 10.5. The number of carbonyl (C=O) groups is 2. The summed E-state index contributed by atoms with van der Waals surface area (Å²) in [7, 11) is 0. The van der Waals surface area contributed by atoms with E-state index in [-0.39, 0.29) is 6.42 Å². The van der Waals surface area contributed by atoms with Crippen LogP contribution < -0.4 is 5.32 Å². The number of ether oxygens (including phenoxy) is 1. The van der Waals surface area contributed by atoms with Crippen molar-refractivity contribution in [3.8, 4) is 0 Å². The highest BCUT2D eigenvalue weighted by Gasteiger charge is 2.09. The first-order valence-electron chi connectivity index (χ1n) is 6.48. The third-order valence-electron chi connectivity index (χ3n) is 2.73. The van der Waals surface area contributed by atoms with Crippen LogP contribution in [-0.2, 0) is 20.7 Å². The van der Waals surface area contributed by atoms with Crippen molar-refractivity contribution in [2.45, 2.75) is 6.42 Å². The van der Waals surface area contributed by atoms with E-state index in [1.807, 2.05) is 12.1 Å². The summed E-state index contributed by atoms with van der Waals surface area (Å²) in [6.45, 7) is -0.411. The van der Waals surface area contributed by atoms with Gasteiger partial charge in [0.05, 0.1) is 6.42 Å². The highest BCUT2D eigenvalue weighted by atomic mass is 79.9. The van der Waals surface area contributed by atoms with Gasteiger partial charge in [-0.3, -0.25) is 9.59 Å². The summed E-state index contributed by atoms with van der Waals surface area (Å²) < 4.78 is 18.8. The SMILES string of the molecule is O=C(COC(=O)Cc1ccc(Br)cc1)Nc1cccc(F)c1. The van der Waals surface area contributed by atoms with Gasteiger partial charge in [0.15, 0.2) is 6.61 Å². The first kappa shape index (κ1) is 16.2. The maximum atomic E-state index is 13.0. The zero-order valence-corrected chi connectivity index (χ0v) is 13.1. The molecule has 0 bridgehead atoms. The number of amides is 1. The molecule has 6 heteroatoms. The molecule has 0 spiro atoms. The number of nitrogens with one attached hydrogen (secondary N) is 1. The third-order valence-corrected chi connectivity index (χ3v) is 3.26. The number of hydrogen-bond acceptors (Lipinski definition) is 3. The second-order valence-corrected chi connectivity index (χ2v) is 5.44. The predicted molar refractivity (Wildman–Crippen MR) is 83.8 cm³/mol. The van der Waals surface area contributed by atoms with Gasteiger partial charge in [-0.1, -0.05) is 34.1 Å². The Morgan fingerprint density at radius 2 is 1.86 bits per heavy atom. The van der Waals surface area contributed by atoms with Crippen LogP contribution in [0, 0.1) is 5.82 Å². The molecule has 0 atom stereocenters. The van der Waals surface area contributed by atoms with Gasteiger partial charge in [-0.25, -0.2) is 4.39 Å².